The van der Waals surface area contributed by atoms with Gasteiger partial charge < -0.3 is 15.2 Å². The number of nitrogens with one attached hydrogen (secondary N) is 1. The summed E-state index contributed by atoms with van der Waals surface area (Å²) in [6.07, 6.45) is 1.78. The number of rotatable bonds is 0. The van der Waals surface area contributed by atoms with Crippen molar-refractivity contribution in [3.8, 4) is 11.5 Å². The predicted octanol–water partition coefficient (Wildman–Crippen LogP) is 1.50. The van der Waals surface area contributed by atoms with Gasteiger partial charge in [-0.1, -0.05) is 0 Å². The largest absolute Gasteiger partial charge is 0.508 e. The summed E-state index contributed by atoms with van der Waals surface area (Å²) in [5, 5.41) is 12.1. The lowest BCUT2D eigenvalue weighted by atomic mass is 10.1. The Bertz CT molecular complexity index is 437. The topological polar surface area (TPSA) is 58.6 Å². The normalized spacial score (nSPS) is 21.2. The molecule has 2 N–H and O–H groups in total. The highest BCUT2D eigenvalue weighted by atomic mass is 16.5. The first-order chi connectivity index (χ1) is 7.20. The number of hydrogen-bond acceptors (Lipinski definition) is 3. The van der Waals surface area contributed by atoms with Crippen molar-refractivity contribution in [2.75, 3.05) is 11.9 Å². The fourth-order valence-corrected chi connectivity index (χ4v) is 1.80. The van der Waals surface area contributed by atoms with E-state index in [2.05, 4.69) is 5.32 Å². The molecule has 1 amide bonds. The summed E-state index contributed by atoms with van der Waals surface area (Å²) in [6, 6.07) is 4.73. The van der Waals surface area contributed by atoms with Crippen molar-refractivity contribution in [2.24, 2.45) is 5.41 Å². The number of aromatic hydroxyl groups is 1. The van der Waals surface area contributed by atoms with Crippen molar-refractivity contribution in [2.45, 2.75) is 12.8 Å². The molecule has 2 aliphatic rings. The molecule has 0 aromatic heterocycles. The number of phenols is 1. The number of ether oxygens (including phenoxy) is 1. The molecule has 1 aromatic rings. The van der Waals surface area contributed by atoms with Gasteiger partial charge >= 0.3 is 0 Å². The maximum Gasteiger partial charge on any atom is 0.234 e. The van der Waals surface area contributed by atoms with E-state index in [1.165, 1.54) is 6.07 Å². The predicted molar refractivity (Wildman–Crippen MR) is 53.9 cm³/mol. The zero-order valence-electron chi connectivity index (χ0n) is 8.12. The Kier molecular flexibility index (Phi) is 1.52. The Morgan fingerprint density at radius 3 is 2.93 bits per heavy atom. The molecule has 1 spiro atoms. The molecule has 15 heavy (non-hydrogen) atoms. The minimum absolute atomic E-state index is 0.00634. The van der Waals surface area contributed by atoms with E-state index in [4.69, 9.17) is 4.74 Å². The van der Waals surface area contributed by atoms with Gasteiger partial charge in [0.25, 0.3) is 0 Å². The van der Waals surface area contributed by atoms with Crippen LogP contribution in [0.3, 0.4) is 0 Å². The summed E-state index contributed by atoms with van der Waals surface area (Å²) < 4.78 is 5.56. The SMILES string of the molecule is O=C1Nc2cc(O)ccc2OCC12CC2. The first-order valence-corrected chi connectivity index (χ1v) is 4.97. The molecule has 4 heteroatoms. The van der Waals surface area contributed by atoms with Crippen LogP contribution in [0.4, 0.5) is 5.69 Å². The number of amides is 1. The molecule has 1 aromatic carbocycles. The Morgan fingerprint density at radius 2 is 2.20 bits per heavy atom. The van der Waals surface area contributed by atoms with Crippen LogP contribution in [-0.2, 0) is 4.79 Å². The van der Waals surface area contributed by atoms with Crippen molar-refractivity contribution in [1.82, 2.24) is 0 Å². The second-order valence-corrected chi connectivity index (χ2v) is 4.20. The van der Waals surface area contributed by atoms with E-state index in [1.54, 1.807) is 12.1 Å². The third-order valence-corrected chi connectivity index (χ3v) is 3.05. The van der Waals surface area contributed by atoms with Crippen molar-refractivity contribution in [1.29, 1.82) is 0 Å². The van der Waals surface area contributed by atoms with Gasteiger partial charge in [0.2, 0.25) is 5.91 Å². The van der Waals surface area contributed by atoms with Crippen LogP contribution in [0.1, 0.15) is 12.8 Å². The molecule has 1 aliphatic carbocycles. The zero-order chi connectivity index (χ0) is 10.5. The average Bonchev–Trinajstić information content (AvgIpc) is 2.98. The van der Waals surface area contributed by atoms with E-state index < -0.39 is 0 Å². The van der Waals surface area contributed by atoms with E-state index >= 15 is 0 Å². The van der Waals surface area contributed by atoms with Crippen LogP contribution >= 0.6 is 0 Å². The van der Waals surface area contributed by atoms with Gasteiger partial charge in [-0.05, 0) is 25.0 Å². The van der Waals surface area contributed by atoms with Gasteiger partial charge in [-0.2, -0.15) is 0 Å². The Hall–Kier alpha value is -1.71. The van der Waals surface area contributed by atoms with Crippen LogP contribution in [-0.4, -0.2) is 17.6 Å². The molecule has 0 saturated heterocycles. The summed E-state index contributed by atoms with van der Waals surface area (Å²) in [7, 11) is 0. The van der Waals surface area contributed by atoms with Gasteiger partial charge in [0.05, 0.1) is 11.1 Å². The molecule has 1 aliphatic heterocycles. The van der Waals surface area contributed by atoms with Gasteiger partial charge in [0, 0.05) is 6.07 Å². The minimum atomic E-state index is -0.311. The van der Waals surface area contributed by atoms with Crippen molar-refractivity contribution in [3.63, 3.8) is 0 Å². The number of fused-ring (bicyclic) bond motifs is 1. The number of carbonyl (C=O) groups excluding carboxylic acids is 1. The minimum Gasteiger partial charge on any atom is -0.508 e. The quantitative estimate of drug-likeness (QED) is 0.674. The van der Waals surface area contributed by atoms with Crippen LogP contribution in [0.15, 0.2) is 18.2 Å². The van der Waals surface area contributed by atoms with E-state index in [0.717, 1.165) is 12.8 Å². The highest BCUT2D eigenvalue weighted by Crippen LogP contribution is 2.49. The van der Waals surface area contributed by atoms with Gasteiger partial charge in [0.1, 0.15) is 18.1 Å². The Labute approximate surface area is 86.9 Å². The number of benzene rings is 1. The monoisotopic (exact) mass is 205 g/mol. The first kappa shape index (κ1) is 8.59. The zero-order valence-corrected chi connectivity index (χ0v) is 8.12. The van der Waals surface area contributed by atoms with Crippen LogP contribution < -0.4 is 10.1 Å². The molecule has 78 valence electrons. The van der Waals surface area contributed by atoms with E-state index in [1.807, 2.05) is 0 Å². The van der Waals surface area contributed by atoms with E-state index in [0.29, 0.717) is 18.0 Å². The van der Waals surface area contributed by atoms with Crippen LogP contribution in [0.2, 0.25) is 0 Å². The van der Waals surface area contributed by atoms with Crippen LogP contribution in [0.25, 0.3) is 0 Å². The summed E-state index contributed by atoms with van der Waals surface area (Å²) in [4.78, 5) is 11.8. The fraction of sp³-hybridized carbons (Fsp3) is 0.364. The van der Waals surface area contributed by atoms with Gasteiger partial charge in [-0.3, -0.25) is 4.79 Å². The molecule has 0 radical (unpaired) electrons. The third kappa shape index (κ3) is 1.25. The lowest BCUT2D eigenvalue weighted by Gasteiger charge is -2.08. The first-order valence-electron chi connectivity index (χ1n) is 4.97. The highest BCUT2D eigenvalue weighted by Gasteiger charge is 2.52. The molecular formula is C11H11NO3. The molecular weight excluding hydrogens is 194 g/mol. The Morgan fingerprint density at radius 1 is 1.40 bits per heavy atom. The summed E-state index contributed by atoms with van der Waals surface area (Å²) >= 11 is 0. The number of anilines is 1. The van der Waals surface area contributed by atoms with Crippen molar-refractivity contribution >= 4 is 11.6 Å². The molecule has 1 fully saturated rings. The average molecular weight is 205 g/mol. The molecule has 4 nitrogen and oxygen atoms in total. The lowest BCUT2D eigenvalue weighted by Crippen LogP contribution is -2.26. The molecule has 1 heterocycles. The van der Waals surface area contributed by atoms with Gasteiger partial charge in [-0.25, -0.2) is 0 Å². The molecule has 3 rings (SSSR count). The second kappa shape index (κ2) is 2.66. The van der Waals surface area contributed by atoms with Gasteiger partial charge in [0.15, 0.2) is 0 Å². The number of hydrogen-bond donors (Lipinski definition) is 2. The molecule has 1 saturated carbocycles. The van der Waals surface area contributed by atoms with Crippen LogP contribution in [0, 0.1) is 5.41 Å². The van der Waals surface area contributed by atoms with Gasteiger partial charge in [-0.15, -0.1) is 0 Å². The number of carbonyl (C=O) groups is 1. The smallest absolute Gasteiger partial charge is 0.234 e. The van der Waals surface area contributed by atoms with E-state index in [-0.39, 0.29) is 17.1 Å². The molecule has 0 atom stereocenters. The molecule has 0 bridgehead atoms. The highest BCUT2D eigenvalue weighted by molar-refractivity contribution is 5.99. The van der Waals surface area contributed by atoms with Crippen molar-refractivity contribution in [3.05, 3.63) is 18.2 Å². The maximum absolute atomic E-state index is 11.8. The Balaban J connectivity index is 2.00. The summed E-state index contributed by atoms with van der Waals surface area (Å²) in [5.41, 5.74) is 0.248. The second-order valence-electron chi connectivity index (χ2n) is 4.20. The standard InChI is InChI=1S/C11H11NO3/c13-7-1-2-9-8(5-7)12-10(14)11(3-4-11)6-15-9/h1-2,5,13H,3-4,6H2,(H,12,14). The molecule has 0 unspecified atom stereocenters. The number of phenolic OH excluding ortho intramolecular Hbond substituents is 1. The third-order valence-electron chi connectivity index (χ3n) is 3.05. The fourth-order valence-electron chi connectivity index (χ4n) is 1.80. The lowest BCUT2D eigenvalue weighted by molar-refractivity contribution is -0.121. The summed E-state index contributed by atoms with van der Waals surface area (Å²) in [5.74, 6) is 0.765. The maximum atomic E-state index is 11.8. The van der Waals surface area contributed by atoms with E-state index in [9.17, 15) is 9.90 Å². The van der Waals surface area contributed by atoms with Crippen molar-refractivity contribution < 1.29 is 14.6 Å². The van der Waals surface area contributed by atoms with Crippen LogP contribution in [0.5, 0.6) is 11.5 Å². The summed E-state index contributed by atoms with van der Waals surface area (Å²) in [6.45, 7) is 0.441.